The number of thiazole rings is 1. The van der Waals surface area contributed by atoms with Gasteiger partial charge in [-0.3, -0.25) is 5.32 Å². The number of carbonyl (C=O) groups excluding carboxylic acids is 1. The molecule has 17 heavy (non-hydrogen) atoms. The molecule has 0 aliphatic carbocycles. The summed E-state index contributed by atoms with van der Waals surface area (Å²) in [5.74, 6) is 0.215. The number of aliphatic hydroxyl groups excluding tert-OH is 1. The van der Waals surface area contributed by atoms with Crippen LogP contribution < -0.4 is 5.32 Å². The van der Waals surface area contributed by atoms with Gasteiger partial charge >= 0.3 is 6.03 Å². The van der Waals surface area contributed by atoms with E-state index in [9.17, 15) is 4.79 Å². The molecule has 1 atom stereocenters. The molecule has 2 amide bonds. The summed E-state index contributed by atoms with van der Waals surface area (Å²) >= 11 is 1.43. The fourth-order valence-electron chi connectivity index (χ4n) is 1.98. The van der Waals surface area contributed by atoms with Crippen LogP contribution in [-0.4, -0.2) is 40.7 Å². The summed E-state index contributed by atoms with van der Waals surface area (Å²) in [6, 6.07) is -0.113. The number of hydrogen-bond donors (Lipinski definition) is 2. The van der Waals surface area contributed by atoms with E-state index < -0.39 is 0 Å². The van der Waals surface area contributed by atoms with Crippen molar-refractivity contribution in [3.8, 4) is 0 Å². The number of rotatable bonds is 2. The fraction of sp³-hybridized carbons (Fsp3) is 0.636. The van der Waals surface area contributed by atoms with Gasteiger partial charge in [0.15, 0.2) is 5.13 Å². The number of anilines is 1. The quantitative estimate of drug-likeness (QED) is 0.845. The Bertz CT molecular complexity index is 394. The highest BCUT2D eigenvalue weighted by atomic mass is 32.1. The maximum atomic E-state index is 11.9. The molecule has 94 valence electrons. The smallest absolute Gasteiger partial charge is 0.323 e. The van der Waals surface area contributed by atoms with E-state index in [0.717, 1.165) is 25.1 Å². The van der Waals surface area contributed by atoms with Crippen LogP contribution in [0.3, 0.4) is 0 Å². The number of aryl methyl sites for hydroxylation is 1. The molecule has 2 N–H and O–H groups in total. The molecular weight excluding hydrogens is 238 g/mol. The third-order valence-corrected chi connectivity index (χ3v) is 3.77. The number of aliphatic hydroxyl groups is 1. The summed E-state index contributed by atoms with van der Waals surface area (Å²) in [6.07, 6.45) is 1.95. The fourth-order valence-corrected chi connectivity index (χ4v) is 2.66. The highest BCUT2D eigenvalue weighted by Crippen LogP contribution is 2.19. The minimum atomic E-state index is -0.113. The van der Waals surface area contributed by atoms with Crippen molar-refractivity contribution in [2.45, 2.75) is 19.8 Å². The largest absolute Gasteiger partial charge is 0.396 e. The van der Waals surface area contributed by atoms with Gasteiger partial charge in [0.25, 0.3) is 0 Å². The molecule has 1 unspecified atom stereocenters. The molecule has 1 saturated heterocycles. The lowest BCUT2D eigenvalue weighted by Gasteiger charge is -2.31. The van der Waals surface area contributed by atoms with Gasteiger partial charge in [-0.2, -0.15) is 0 Å². The Morgan fingerprint density at radius 2 is 2.59 bits per heavy atom. The molecule has 2 rings (SSSR count). The molecule has 2 heterocycles. The zero-order chi connectivity index (χ0) is 12.3. The van der Waals surface area contributed by atoms with Crippen molar-refractivity contribution in [3.63, 3.8) is 0 Å². The molecule has 0 aromatic carbocycles. The lowest BCUT2D eigenvalue weighted by molar-refractivity contribution is 0.136. The van der Waals surface area contributed by atoms with Gasteiger partial charge in [0.05, 0.1) is 5.69 Å². The van der Waals surface area contributed by atoms with Gasteiger partial charge in [-0.25, -0.2) is 9.78 Å². The number of piperidine rings is 1. The normalized spacial score (nSPS) is 20.4. The summed E-state index contributed by atoms with van der Waals surface area (Å²) < 4.78 is 0. The lowest BCUT2D eigenvalue weighted by Crippen LogP contribution is -2.43. The molecule has 1 aliphatic heterocycles. The van der Waals surface area contributed by atoms with E-state index in [1.807, 2.05) is 12.3 Å². The molecule has 6 heteroatoms. The number of carbonyl (C=O) groups is 1. The number of urea groups is 1. The molecular formula is C11H17N3O2S. The number of likely N-dealkylation sites (tertiary alicyclic amines) is 1. The SMILES string of the molecule is Cc1csc(NC(=O)N2CCCC(CO)C2)n1. The van der Waals surface area contributed by atoms with Crippen LogP contribution in [0.2, 0.25) is 0 Å². The van der Waals surface area contributed by atoms with Gasteiger partial charge in [-0.1, -0.05) is 0 Å². The lowest BCUT2D eigenvalue weighted by atomic mass is 9.99. The molecule has 5 nitrogen and oxygen atoms in total. The monoisotopic (exact) mass is 255 g/mol. The predicted octanol–water partition coefficient (Wildman–Crippen LogP) is 1.69. The van der Waals surface area contributed by atoms with E-state index in [4.69, 9.17) is 5.11 Å². The molecule has 0 saturated carbocycles. The van der Waals surface area contributed by atoms with Crippen molar-refractivity contribution < 1.29 is 9.90 Å². The Morgan fingerprint density at radius 1 is 1.76 bits per heavy atom. The third kappa shape index (κ3) is 3.17. The summed E-state index contributed by atoms with van der Waals surface area (Å²) in [7, 11) is 0. The Hall–Kier alpha value is -1.14. The van der Waals surface area contributed by atoms with E-state index in [0.29, 0.717) is 11.7 Å². The third-order valence-electron chi connectivity index (χ3n) is 2.90. The van der Waals surface area contributed by atoms with Crippen LogP contribution in [0.15, 0.2) is 5.38 Å². The second kappa shape index (κ2) is 5.46. The average Bonchev–Trinajstić information content (AvgIpc) is 2.75. The van der Waals surface area contributed by atoms with Crippen molar-refractivity contribution in [2.24, 2.45) is 5.92 Å². The van der Waals surface area contributed by atoms with E-state index in [1.165, 1.54) is 11.3 Å². The second-order valence-electron chi connectivity index (χ2n) is 4.36. The van der Waals surface area contributed by atoms with Crippen LogP contribution in [-0.2, 0) is 0 Å². The van der Waals surface area contributed by atoms with Crippen molar-refractivity contribution in [1.29, 1.82) is 0 Å². The van der Waals surface area contributed by atoms with Crippen molar-refractivity contribution in [1.82, 2.24) is 9.88 Å². The first-order valence-electron chi connectivity index (χ1n) is 5.78. The number of hydrogen-bond acceptors (Lipinski definition) is 4. The molecule has 1 fully saturated rings. The van der Waals surface area contributed by atoms with Crippen molar-refractivity contribution in [3.05, 3.63) is 11.1 Å². The van der Waals surface area contributed by atoms with Gasteiger partial charge in [-0.05, 0) is 25.7 Å². The molecule has 1 aliphatic rings. The van der Waals surface area contributed by atoms with Gasteiger partial charge in [0.1, 0.15) is 0 Å². The van der Waals surface area contributed by atoms with Crippen LogP contribution >= 0.6 is 11.3 Å². The Morgan fingerprint density at radius 3 is 3.24 bits per heavy atom. The topological polar surface area (TPSA) is 65.5 Å². The molecule has 1 aromatic heterocycles. The highest BCUT2D eigenvalue weighted by Gasteiger charge is 2.23. The Kier molecular flexibility index (Phi) is 3.96. The molecule has 1 aromatic rings. The van der Waals surface area contributed by atoms with Crippen LogP contribution in [0, 0.1) is 12.8 Å². The van der Waals surface area contributed by atoms with Crippen LogP contribution in [0.1, 0.15) is 18.5 Å². The van der Waals surface area contributed by atoms with Crippen molar-refractivity contribution in [2.75, 3.05) is 25.0 Å². The first-order valence-corrected chi connectivity index (χ1v) is 6.66. The Labute approximate surface area is 104 Å². The molecule has 0 bridgehead atoms. The average molecular weight is 255 g/mol. The van der Waals surface area contributed by atoms with Crippen LogP contribution in [0.5, 0.6) is 0 Å². The summed E-state index contributed by atoms with van der Waals surface area (Å²) in [4.78, 5) is 17.9. The zero-order valence-electron chi connectivity index (χ0n) is 9.85. The summed E-state index contributed by atoms with van der Waals surface area (Å²) in [6.45, 7) is 3.44. The molecule has 0 radical (unpaired) electrons. The summed E-state index contributed by atoms with van der Waals surface area (Å²) in [5.41, 5.74) is 0.914. The van der Waals surface area contributed by atoms with E-state index in [2.05, 4.69) is 10.3 Å². The number of amides is 2. The maximum Gasteiger partial charge on any atom is 0.323 e. The predicted molar refractivity (Wildman–Crippen MR) is 67.3 cm³/mol. The minimum Gasteiger partial charge on any atom is -0.396 e. The first-order chi connectivity index (χ1) is 8.19. The first kappa shape index (κ1) is 12.3. The van der Waals surface area contributed by atoms with Gasteiger partial charge in [0.2, 0.25) is 0 Å². The summed E-state index contributed by atoms with van der Waals surface area (Å²) in [5, 5.41) is 14.4. The van der Waals surface area contributed by atoms with Crippen LogP contribution in [0.4, 0.5) is 9.93 Å². The maximum absolute atomic E-state index is 11.9. The number of nitrogens with zero attached hydrogens (tertiary/aromatic N) is 2. The number of aromatic nitrogens is 1. The van der Waals surface area contributed by atoms with Crippen molar-refractivity contribution >= 4 is 22.5 Å². The van der Waals surface area contributed by atoms with E-state index >= 15 is 0 Å². The zero-order valence-corrected chi connectivity index (χ0v) is 10.7. The second-order valence-corrected chi connectivity index (χ2v) is 5.22. The minimum absolute atomic E-state index is 0.113. The Balaban J connectivity index is 1.91. The highest BCUT2D eigenvalue weighted by molar-refractivity contribution is 7.13. The van der Waals surface area contributed by atoms with Crippen LogP contribution in [0.25, 0.3) is 0 Å². The van der Waals surface area contributed by atoms with E-state index in [-0.39, 0.29) is 18.6 Å². The van der Waals surface area contributed by atoms with Gasteiger partial charge in [-0.15, -0.1) is 11.3 Å². The van der Waals surface area contributed by atoms with Gasteiger partial charge < -0.3 is 10.0 Å². The molecule has 0 spiro atoms. The standard InChI is InChI=1S/C11H17N3O2S/c1-8-7-17-10(12-8)13-11(16)14-4-2-3-9(5-14)6-15/h7,9,15H,2-6H2,1H3,(H,12,13,16). The van der Waals surface area contributed by atoms with Gasteiger partial charge in [0, 0.05) is 25.1 Å². The van der Waals surface area contributed by atoms with E-state index in [1.54, 1.807) is 4.90 Å². The number of nitrogens with one attached hydrogen (secondary N) is 1.